The minimum Gasteiger partial charge on any atom is -0.381 e. The van der Waals surface area contributed by atoms with Crippen molar-refractivity contribution in [2.24, 2.45) is 5.92 Å². The summed E-state index contributed by atoms with van der Waals surface area (Å²) < 4.78 is 7.64. The summed E-state index contributed by atoms with van der Waals surface area (Å²) in [4.78, 5) is 13.3. The van der Waals surface area contributed by atoms with E-state index in [1.807, 2.05) is 17.0 Å². The maximum atomic E-state index is 5.61. The van der Waals surface area contributed by atoms with Crippen LogP contribution in [0.4, 0.5) is 5.82 Å². The number of aryl methyl sites for hydroxylation is 1. The average Bonchev–Trinajstić information content (AvgIpc) is 3.30. The highest BCUT2D eigenvalue weighted by Gasteiger charge is 2.28. The number of imidazole rings is 1. The molecule has 6 nitrogen and oxygen atoms in total. The summed E-state index contributed by atoms with van der Waals surface area (Å²) in [7, 11) is 0. The first kappa shape index (κ1) is 15.1. The Balaban J connectivity index is 1.71. The van der Waals surface area contributed by atoms with Gasteiger partial charge in [-0.15, -0.1) is 0 Å². The van der Waals surface area contributed by atoms with Crippen LogP contribution in [0.15, 0.2) is 43.0 Å². The molecule has 0 spiro atoms. The van der Waals surface area contributed by atoms with Crippen LogP contribution in [-0.2, 0) is 11.3 Å². The number of benzene rings is 1. The monoisotopic (exact) mass is 323 g/mol. The van der Waals surface area contributed by atoms with Gasteiger partial charge in [0.1, 0.15) is 11.8 Å². The van der Waals surface area contributed by atoms with E-state index in [4.69, 9.17) is 4.74 Å². The third-order valence-corrected chi connectivity index (χ3v) is 4.63. The molecule has 124 valence electrons. The summed E-state index contributed by atoms with van der Waals surface area (Å²) in [5.74, 6) is 1.21. The molecule has 6 heteroatoms. The second-order valence-corrected chi connectivity index (χ2v) is 6.08. The SMILES string of the molecule is CCn1cnc2c(N[C@@H](c3ccccc3)[C@@H]3CCOC3)ncnc21. The van der Waals surface area contributed by atoms with Crippen molar-refractivity contribution in [2.45, 2.75) is 25.9 Å². The van der Waals surface area contributed by atoms with Gasteiger partial charge in [0, 0.05) is 19.1 Å². The number of ether oxygens (including phenoxy) is 1. The van der Waals surface area contributed by atoms with Gasteiger partial charge in [-0.25, -0.2) is 15.0 Å². The predicted molar refractivity (Wildman–Crippen MR) is 92.7 cm³/mol. The summed E-state index contributed by atoms with van der Waals surface area (Å²) in [6.07, 6.45) is 4.47. The van der Waals surface area contributed by atoms with Crippen LogP contribution in [0.5, 0.6) is 0 Å². The summed E-state index contributed by atoms with van der Waals surface area (Å²) in [6.45, 7) is 4.51. The smallest absolute Gasteiger partial charge is 0.165 e. The van der Waals surface area contributed by atoms with Crippen LogP contribution in [0.2, 0.25) is 0 Å². The Kier molecular flexibility index (Phi) is 4.13. The number of nitrogens with one attached hydrogen (secondary N) is 1. The van der Waals surface area contributed by atoms with Gasteiger partial charge < -0.3 is 14.6 Å². The zero-order valence-corrected chi connectivity index (χ0v) is 13.7. The lowest BCUT2D eigenvalue weighted by Gasteiger charge is -2.24. The van der Waals surface area contributed by atoms with E-state index in [0.717, 1.165) is 43.2 Å². The van der Waals surface area contributed by atoms with Crippen LogP contribution in [0.1, 0.15) is 24.9 Å². The van der Waals surface area contributed by atoms with Crippen LogP contribution < -0.4 is 5.32 Å². The number of hydrogen-bond donors (Lipinski definition) is 1. The molecule has 1 N–H and O–H groups in total. The van der Waals surface area contributed by atoms with Crippen LogP contribution in [-0.4, -0.2) is 32.7 Å². The van der Waals surface area contributed by atoms with E-state index in [9.17, 15) is 0 Å². The second kappa shape index (κ2) is 6.57. The molecule has 0 bridgehead atoms. The first-order chi connectivity index (χ1) is 11.9. The van der Waals surface area contributed by atoms with Crippen molar-refractivity contribution in [1.82, 2.24) is 19.5 Å². The molecular formula is C18H21N5O. The minimum absolute atomic E-state index is 0.151. The van der Waals surface area contributed by atoms with Crippen molar-refractivity contribution in [2.75, 3.05) is 18.5 Å². The van der Waals surface area contributed by atoms with Crippen molar-refractivity contribution >= 4 is 17.0 Å². The third kappa shape index (κ3) is 2.73. The van der Waals surface area contributed by atoms with E-state index < -0.39 is 0 Å². The van der Waals surface area contributed by atoms with Gasteiger partial charge in [0.2, 0.25) is 0 Å². The average molecular weight is 323 g/mol. The highest BCUT2D eigenvalue weighted by Crippen LogP contribution is 2.32. The number of rotatable bonds is 5. The molecule has 4 rings (SSSR count). The molecule has 0 aliphatic carbocycles. The fourth-order valence-corrected chi connectivity index (χ4v) is 3.31. The Hall–Kier alpha value is -2.47. The van der Waals surface area contributed by atoms with Gasteiger partial charge in [-0.3, -0.25) is 0 Å². The Morgan fingerprint density at radius 2 is 2.12 bits per heavy atom. The van der Waals surface area contributed by atoms with E-state index in [2.05, 4.69) is 51.5 Å². The molecule has 1 aliphatic rings. The maximum absolute atomic E-state index is 5.61. The molecule has 3 aromatic rings. The lowest BCUT2D eigenvalue weighted by atomic mass is 9.92. The number of aromatic nitrogens is 4. The lowest BCUT2D eigenvalue weighted by molar-refractivity contribution is 0.182. The van der Waals surface area contributed by atoms with Crippen molar-refractivity contribution in [3.63, 3.8) is 0 Å². The standard InChI is InChI=1S/C18H21N5O/c1-2-23-12-21-16-17(19-11-20-18(16)23)22-15(14-8-9-24-10-14)13-6-4-3-5-7-13/h3-7,11-12,14-15H,2,8-10H2,1H3,(H,19,20,22)/t14-,15+/m1/s1. The summed E-state index contributed by atoms with van der Waals surface area (Å²) in [6, 6.07) is 10.6. The Morgan fingerprint density at radius 3 is 2.88 bits per heavy atom. The van der Waals surface area contributed by atoms with Crippen LogP contribution in [0.25, 0.3) is 11.2 Å². The molecule has 3 heterocycles. The molecule has 1 aliphatic heterocycles. The maximum Gasteiger partial charge on any atom is 0.165 e. The Morgan fingerprint density at radius 1 is 1.25 bits per heavy atom. The minimum atomic E-state index is 0.151. The summed E-state index contributed by atoms with van der Waals surface area (Å²) >= 11 is 0. The fraction of sp³-hybridized carbons (Fsp3) is 0.389. The first-order valence-corrected chi connectivity index (χ1v) is 8.42. The van der Waals surface area contributed by atoms with Crippen molar-refractivity contribution < 1.29 is 4.74 Å². The first-order valence-electron chi connectivity index (χ1n) is 8.42. The van der Waals surface area contributed by atoms with E-state index in [1.54, 1.807) is 6.33 Å². The summed E-state index contributed by atoms with van der Waals surface area (Å²) in [5, 5.41) is 3.61. The Bertz CT molecular complexity index is 811. The second-order valence-electron chi connectivity index (χ2n) is 6.08. The van der Waals surface area contributed by atoms with Gasteiger partial charge in [0.15, 0.2) is 11.5 Å². The number of anilines is 1. The topological polar surface area (TPSA) is 64.9 Å². The van der Waals surface area contributed by atoms with Crippen molar-refractivity contribution in [3.05, 3.63) is 48.5 Å². The van der Waals surface area contributed by atoms with Gasteiger partial charge in [-0.1, -0.05) is 30.3 Å². The van der Waals surface area contributed by atoms with Crippen molar-refractivity contribution in [1.29, 1.82) is 0 Å². The molecule has 0 radical (unpaired) electrons. The number of nitrogens with zero attached hydrogens (tertiary/aromatic N) is 4. The molecule has 24 heavy (non-hydrogen) atoms. The van der Waals surface area contributed by atoms with E-state index >= 15 is 0 Å². The molecule has 0 amide bonds. The highest BCUT2D eigenvalue weighted by molar-refractivity contribution is 5.82. The molecule has 1 fully saturated rings. The van der Waals surface area contributed by atoms with Gasteiger partial charge in [-0.05, 0) is 18.9 Å². The fourth-order valence-electron chi connectivity index (χ4n) is 3.31. The summed E-state index contributed by atoms with van der Waals surface area (Å²) in [5.41, 5.74) is 2.93. The quantitative estimate of drug-likeness (QED) is 0.782. The highest BCUT2D eigenvalue weighted by atomic mass is 16.5. The van der Waals surface area contributed by atoms with Gasteiger partial charge in [0.05, 0.1) is 19.0 Å². The lowest BCUT2D eigenvalue weighted by Crippen LogP contribution is -2.22. The molecule has 2 atom stereocenters. The van der Waals surface area contributed by atoms with Crippen LogP contribution in [0, 0.1) is 5.92 Å². The number of hydrogen-bond acceptors (Lipinski definition) is 5. The molecule has 0 saturated carbocycles. The van der Waals surface area contributed by atoms with Crippen LogP contribution >= 0.6 is 0 Å². The van der Waals surface area contributed by atoms with E-state index in [1.165, 1.54) is 5.56 Å². The molecular weight excluding hydrogens is 302 g/mol. The van der Waals surface area contributed by atoms with E-state index in [0.29, 0.717) is 5.92 Å². The predicted octanol–water partition coefficient (Wildman–Crippen LogP) is 3.04. The van der Waals surface area contributed by atoms with Gasteiger partial charge in [0.25, 0.3) is 0 Å². The normalized spacial score (nSPS) is 18.8. The van der Waals surface area contributed by atoms with E-state index in [-0.39, 0.29) is 6.04 Å². The molecule has 1 aromatic carbocycles. The van der Waals surface area contributed by atoms with Crippen LogP contribution in [0.3, 0.4) is 0 Å². The molecule has 1 saturated heterocycles. The van der Waals surface area contributed by atoms with Crippen molar-refractivity contribution in [3.8, 4) is 0 Å². The molecule has 2 aromatic heterocycles. The van der Waals surface area contributed by atoms with Gasteiger partial charge in [-0.2, -0.15) is 0 Å². The Labute approximate surface area is 140 Å². The third-order valence-electron chi connectivity index (χ3n) is 4.63. The largest absolute Gasteiger partial charge is 0.381 e. The number of fused-ring (bicyclic) bond motifs is 1. The molecule has 0 unspecified atom stereocenters. The zero-order chi connectivity index (χ0) is 16.4. The van der Waals surface area contributed by atoms with Gasteiger partial charge >= 0.3 is 0 Å². The zero-order valence-electron chi connectivity index (χ0n) is 13.7.